The summed E-state index contributed by atoms with van der Waals surface area (Å²) in [5, 5.41) is 5.73. The maximum atomic E-state index is 13.4. The summed E-state index contributed by atoms with van der Waals surface area (Å²) in [6.45, 7) is 8.17. The zero-order valence-electron chi connectivity index (χ0n) is 31.0. The van der Waals surface area contributed by atoms with Gasteiger partial charge in [-0.2, -0.15) is 0 Å². The Balaban J connectivity index is 1.32. The average Bonchev–Trinajstić information content (AvgIpc) is 3.14. The third kappa shape index (κ3) is 13.2. The molecule has 10 nitrogen and oxygen atoms in total. The Bertz CT molecular complexity index is 1690. The van der Waals surface area contributed by atoms with Gasteiger partial charge in [-0.05, 0) is 69.5 Å². The van der Waals surface area contributed by atoms with E-state index in [9.17, 15) is 14.4 Å². The number of benzene rings is 3. The first-order valence-electron chi connectivity index (χ1n) is 18.1. The van der Waals surface area contributed by atoms with Crippen LogP contribution in [0, 0.1) is 0 Å². The van der Waals surface area contributed by atoms with E-state index in [4.69, 9.17) is 14.2 Å². The van der Waals surface area contributed by atoms with Crippen LogP contribution in [-0.4, -0.2) is 59.2 Å². The van der Waals surface area contributed by atoms with Crippen molar-refractivity contribution in [3.05, 3.63) is 102 Å². The largest absolute Gasteiger partial charge is 0.494 e. The van der Waals surface area contributed by atoms with Gasteiger partial charge in [-0.15, -0.1) is 0 Å². The number of nitrogens with zero attached hydrogens (tertiary/aromatic N) is 2. The summed E-state index contributed by atoms with van der Waals surface area (Å²) in [5.74, 6) is -0.341. The standard InChI is InChI=1S/C42H52N4O6/c1-6-7-8-9-13-24-50-35-22-20-32(21-23-35)34-27-44-39(45-28-34)33-18-16-30(17-19-33)25-36(43-5)40(48)46-37(41(49)52-42(2,3)4)26-38(47)51-29-31-14-11-10-12-15-31/h10-12,14-23,27-28,36-37,43H,6-9,13,24-26,29H2,1-5H3,(H,46,48). The zero-order chi connectivity index (χ0) is 37.3. The third-order valence-electron chi connectivity index (χ3n) is 8.29. The number of likely N-dealkylation sites (N-methyl/N-ethyl adjacent to an activating group) is 1. The number of amides is 1. The predicted octanol–water partition coefficient (Wildman–Crippen LogP) is 7.25. The minimum atomic E-state index is -1.22. The molecule has 0 spiro atoms. The first-order chi connectivity index (χ1) is 25.0. The summed E-state index contributed by atoms with van der Waals surface area (Å²) < 4.78 is 16.8. The number of esters is 2. The number of hydrogen-bond acceptors (Lipinski definition) is 9. The van der Waals surface area contributed by atoms with Gasteiger partial charge in [-0.25, -0.2) is 14.8 Å². The molecule has 0 aliphatic carbocycles. The van der Waals surface area contributed by atoms with Gasteiger partial charge < -0.3 is 24.8 Å². The highest BCUT2D eigenvalue weighted by Crippen LogP contribution is 2.24. The molecule has 2 atom stereocenters. The van der Waals surface area contributed by atoms with E-state index in [1.807, 2.05) is 78.9 Å². The number of nitrogens with one attached hydrogen (secondary N) is 2. The smallest absolute Gasteiger partial charge is 0.329 e. The molecule has 0 aliphatic heterocycles. The van der Waals surface area contributed by atoms with Crippen molar-refractivity contribution in [1.82, 2.24) is 20.6 Å². The lowest BCUT2D eigenvalue weighted by Crippen LogP contribution is -2.52. The molecule has 1 aromatic heterocycles. The second kappa shape index (κ2) is 20.1. The molecule has 0 aliphatic rings. The Labute approximate surface area is 307 Å². The molecule has 4 rings (SSSR count). The molecular formula is C42H52N4O6. The van der Waals surface area contributed by atoms with Crippen LogP contribution in [0.1, 0.15) is 77.3 Å². The second-order valence-corrected chi connectivity index (χ2v) is 13.8. The molecule has 0 saturated heterocycles. The molecular weight excluding hydrogens is 656 g/mol. The van der Waals surface area contributed by atoms with Gasteiger partial charge in [0.2, 0.25) is 5.91 Å². The van der Waals surface area contributed by atoms with Gasteiger partial charge in [0.25, 0.3) is 0 Å². The van der Waals surface area contributed by atoms with Crippen LogP contribution in [0.3, 0.4) is 0 Å². The van der Waals surface area contributed by atoms with Crippen molar-refractivity contribution in [3.8, 4) is 28.3 Å². The summed E-state index contributed by atoms with van der Waals surface area (Å²) in [6, 6.07) is 23.0. The van der Waals surface area contributed by atoms with Gasteiger partial charge in [0.05, 0.1) is 19.1 Å². The Morgan fingerprint density at radius 2 is 1.40 bits per heavy atom. The lowest BCUT2D eigenvalue weighted by molar-refractivity contribution is -0.162. The second-order valence-electron chi connectivity index (χ2n) is 13.8. The van der Waals surface area contributed by atoms with Crippen molar-refractivity contribution in [2.24, 2.45) is 0 Å². The summed E-state index contributed by atoms with van der Waals surface area (Å²) in [6.07, 6.45) is 9.61. The van der Waals surface area contributed by atoms with Crippen LogP contribution in [0.5, 0.6) is 5.75 Å². The molecule has 0 saturated carbocycles. The fourth-order valence-corrected chi connectivity index (χ4v) is 5.42. The molecule has 52 heavy (non-hydrogen) atoms. The molecule has 2 unspecified atom stereocenters. The van der Waals surface area contributed by atoms with Crippen LogP contribution < -0.4 is 15.4 Å². The first kappa shape index (κ1) is 39.7. The van der Waals surface area contributed by atoms with Crippen LogP contribution >= 0.6 is 0 Å². The lowest BCUT2D eigenvalue weighted by atomic mass is 10.0. The molecule has 276 valence electrons. The maximum absolute atomic E-state index is 13.4. The number of carbonyl (C=O) groups excluding carboxylic acids is 3. The third-order valence-corrected chi connectivity index (χ3v) is 8.29. The quantitative estimate of drug-likeness (QED) is 0.0765. The van der Waals surface area contributed by atoms with Crippen LogP contribution in [0.25, 0.3) is 22.5 Å². The number of rotatable bonds is 19. The zero-order valence-corrected chi connectivity index (χ0v) is 31.0. The maximum Gasteiger partial charge on any atom is 0.329 e. The monoisotopic (exact) mass is 708 g/mol. The Morgan fingerprint density at radius 1 is 0.750 bits per heavy atom. The lowest BCUT2D eigenvalue weighted by Gasteiger charge is -2.25. The van der Waals surface area contributed by atoms with Crippen molar-refractivity contribution >= 4 is 17.8 Å². The van der Waals surface area contributed by atoms with Crippen molar-refractivity contribution in [1.29, 1.82) is 0 Å². The van der Waals surface area contributed by atoms with E-state index in [0.29, 0.717) is 12.2 Å². The van der Waals surface area contributed by atoms with E-state index >= 15 is 0 Å². The number of ether oxygens (including phenoxy) is 3. The van der Waals surface area contributed by atoms with E-state index < -0.39 is 35.5 Å². The predicted molar refractivity (Wildman–Crippen MR) is 202 cm³/mol. The van der Waals surface area contributed by atoms with Crippen LogP contribution in [0.4, 0.5) is 0 Å². The molecule has 0 bridgehead atoms. The molecule has 10 heteroatoms. The fourth-order valence-electron chi connectivity index (χ4n) is 5.42. The molecule has 0 fully saturated rings. The summed E-state index contributed by atoms with van der Waals surface area (Å²) in [4.78, 5) is 48.4. The number of unbranched alkanes of at least 4 members (excludes halogenated alkanes) is 4. The number of hydrogen-bond donors (Lipinski definition) is 2. The van der Waals surface area contributed by atoms with E-state index in [2.05, 4.69) is 27.5 Å². The van der Waals surface area contributed by atoms with Gasteiger partial charge in [0, 0.05) is 23.5 Å². The van der Waals surface area contributed by atoms with Crippen molar-refractivity contribution in [2.45, 2.75) is 96.9 Å². The minimum absolute atomic E-state index is 0.0575. The van der Waals surface area contributed by atoms with Gasteiger partial charge in [0.15, 0.2) is 5.82 Å². The molecule has 4 aromatic rings. The van der Waals surface area contributed by atoms with E-state index in [1.54, 1.807) is 40.2 Å². The van der Waals surface area contributed by atoms with Crippen LogP contribution in [0.2, 0.25) is 0 Å². The summed E-state index contributed by atoms with van der Waals surface area (Å²) >= 11 is 0. The summed E-state index contributed by atoms with van der Waals surface area (Å²) in [7, 11) is 1.67. The van der Waals surface area contributed by atoms with Crippen LogP contribution in [0.15, 0.2) is 91.3 Å². The Hall–Kier alpha value is -5.09. The van der Waals surface area contributed by atoms with E-state index in [1.165, 1.54) is 25.7 Å². The highest BCUT2D eigenvalue weighted by molar-refractivity contribution is 5.90. The van der Waals surface area contributed by atoms with Crippen molar-refractivity contribution < 1.29 is 28.6 Å². The molecule has 3 aromatic carbocycles. The normalized spacial score (nSPS) is 12.4. The molecule has 0 radical (unpaired) electrons. The fraction of sp³-hybridized carbons (Fsp3) is 0.405. The summed E-state index contributed by atoms with van der Waals surface area (Å²) in [5.41, 5.74) is 3.64. The van der Waals surface area contributed by atoms with E-state index in [0.717, 1.165) is 46.6 Å². The molecule has 1 amide bonds. The number of aromatic nitrogens is 2. The number of carbonyl (C=O) groups is 3. The van der Waals surface area contributed by atoms with Gasteiger partial charge in [-0.3, -0.25) is 9.59 Å². The van der Waals surface area contributed by atoms with Gasteiger partial charge in [0.1, 0.15) is 24.0 Å². The SMILES string of the molecule is CCCCCCCOc1ccc(-c2cnc(-c3ccc(CC(NC)C(=O)NC(CC(=O)OCc4ccccc4)C(=O)OC(C)(C)C)cc3)nc2)cc1. The molecule has 2 N–H and O–H groups in total. The van der Waals surface area contributed by atoms with Gasteiger partial charge >= 0.3 is 11.9 Å². The Kier molecular flexibility index (Phi) is 15.3. The minimum Gasteiger partial charge on any atom is -0.494 e. The average molecular weight is 709 g/mol. The first-order valence-corrected chi connectivity index (χ1v) is 18.1. The van der Waals surface area contributed by atoms with Crippen molar-refractivity contribution in [3.63, 3.8) is 0 Å². The Morgan fingerprint density at radius 3 is 2.04 bits per heavy atom. The van der Waals surface area contributed by atoms with Crippen LogP contribution in [-0.2, 0) is 36.9 Å². The van der Waals surface area contributed by atoms with E-state index in [-0.39, 0.29) is 13.0 Å². The highest BCUT2D eigenvalue weighted by Gasteiger charge is 2.31. The van der Waals surface area contributed by atoms with Crippen molar-refractivity contribution in [2.75, 3.05) is 13.7 Å². The van der Waals surface area contributed by atoms with Gasteiger partial charge in [-0.1, -0.05) is 99.3 Å². The highest BCUT2D eigenvalue weighted by atomic mass is 16.6. The topological polar surface area (TPSA) is 129 Å². The molecule has 1 heterocycles.